The molecule has 0 fully saturated rings. The molecule has 0 unspecified atom stereocenters. The Morgan fingerprint density at radius 1 is 1.14 bits per heavy atom. The third kappa shape index (κ3) is 2.01. The molecule has 6 nitrogen and oxygen atoms in total. The number of aryl methyl sites for hydroxylation is 1. The smallest absolute Gasteiger partial charge is 0.222 e. The van der Waals surface area contributed by atoms with Gasteiger partial charge in [-0.15, -0.1) is 0 Å². The highest BCUT2D eigenvalue weighted by molar-refractivity contribution is 5.97. The first-order valence-corrected chi connectivity index (χ1v) is 6.29. The maximum Gasteiger partial charge on any atom is 0.222 e. The number of fused-ring (bicyclic) bond motifs is 1. The number of benzene rings is 1. The first kappa shape index (κ1) is 12.8. The van der Waals surface area contributed by atoms with Gasteiger partial charge in [0.15, 0.2) is 0 Å². The lowest BCUT2D eigenvalue weighted by molar-refractivity contribution is 1.18. The first-order chi connectivity index (χ1) is 10.1. The molecule has 2 heterocycles. The lowest BCUT2D eigenvalue weighted by Gasteiger charge is -2.12. The van der Waals surface area contributed by atoms with Gasteiger partial charge in [-0.1, -0.05) is 12.1 Å². The van der Waals surface area contributed by atoms with Crippen LogP contribution in [0.5, 0.6) is 0 Å². The van der Waals surface area contributed by atoms with E-state index in [0.717, 1.165) is 22.0 Å². The van der Waals surface area contributed by atoms with Crippen LogP contribution >= 0.6 is 0 Å². The molecule has 0 saturated heterocycles. The van der Waals surface area contributed by atoms with Crippen LogP contribution in [0.3, 0.4) is 0 Å². The summed E-state index contributed by atoms with van der Waals surface area (Å²) in [5.41, 5.74) is 14.7. The van der Waals surface area contributed by atoms with Crippen molar-refractivity contribution < 1.29 is 0 Å². The zero-order valence-electron chi connectivity index (χ0n) is 11.3. The summed E-state index contributed by atoms with van der Waals surface area (Å²) in [5, 5.41) is 10.2. The monoisotopic (exact) mass is 276 g/mol. The molecule has 0 spiro atoms. The van der Waals surface area contributed by atoms with Crippen LogP contribution in [-0.4, -0.2) is 15.0 Å². The van der Waals surface area contributed by atoms with E-state index in [-0.39, 0.29) is 17.3 Å². The maximum atomic E-state index is 9.35. The molecule has 4 N–H and O–H groups in total. The number of pyridine rings is 1. The number of nitrogens with two attached hydrogens (primary N) is 2. The van der Waals surface area contributed by atoms with Gasteiger partial charge in [-0.3, -0.25) is 4.98 Å². The van der Waals surface area contributed by atoms with Gasteiger partial charge in [0, 0.05) is 17.1 Å². The van der Waals surface area contributed by atoms with Gasteiger partial charge in [-0.2, -0.15) is 10.2 Å². The zero-order valence-corrected chi connectivity index (χ0v) is 11.3. The van der Waals surface area contributed by atoms with E-state index in [1.807, 2.05) is 31.2 Å². The topological polar surface area (TPSA) is 114 Å². The Balaban J connectivity index is 2.47. The Labute approximate surface area is 121 Å². The number of hydrogen-bond acceptors (Lipinski definition) is 6. The lowest BCUT2D eigenvalue weighted by Crippen LogP contribution is -2.05. The van der Waals surface area contributed by atoms with E-state index in [2.05, 4.69) is 21.0 Å². The van der Waals surface area contributed by atoms with Crippen LogP contribution in [0.15, 0.2) is 30.5 Å². The minimum Gasteiger partial charge on any atom is -0.382 e. The van der Waals surface area contributed by atoms with Gasteiger partial charge in [-0.25, -0.2) is 4.98 Å². The summed E-state index contributed by atoms with van der Waals surface area (Å²) in [6, 6.07) is 9.68. The zero-order chi connectivity index (χ0) is 15.0. The number of nitrogen functional groups attached to an aromatic ring is 2. The number of nitrogens with zero attached hydrogens (tertiary/aromatic N) is 4. The molecular formula is C15H12N6. The maximum absolute atomic E-state index is 9.35. The summed E-state index contributed by atoms with van der Waals surface area (Å²) in [4.78, 5) is 12.4. The highest BCUT2D eigenvalue weighted by Crippen LogP contribution is 2.33. The number of anilines is 2. The van der Waals surface area contributed by atoms with Crippen LogP contribution in [0.2, 0.25) is 0 Å². The summed E-state index contributed by atoms with van der Waals surface area (Å²) in [6.45, 7) is 1.94. The minimum atomic E-state index is 0.0433. The molecule has 6 heteroatoms. The SMILES string of the molecule is Cc1ccc2ncccc2c1-c1nc(N)nc(N)c1C#N. The molecule has 0 aliphatic rings. The van der Waals surface area contributed by atoms with Crippen molar-refractivity contribution in [3.8, 4) is 17.3 Å². The van der Waals surface area contributed by atoms with E-state index in [9.17, 15) is 5.26 Å². The number of nitriles is 1. The van der Waals surface area contributed by atoms with Crippen molar-refractivity contribution in [3.05, 3.63) is 41.6 Å². The second kappa shape index (κ2) is 4.72. The molecule has 0 saturated carbocycles. The third-order valence-corrected chi connectivity index (χ3v) is 3.30. The molecule has 3 aromatic rings. The summed E-state index contributed by atoms with van der Waals surface area (Å²) in [5.74, 6) is 0.127. The number of aromatic nitrogens is 3. The molecule has 2 aromatic heterocycles. The van der Waals surface area contributed by atoms with Gasteiger partial charge in [0.2, 0.25) is 5.95 Å². The molecule has 0 aliphatic heterocycles. The second-order valence-corrected chi connectivity index (χ2v) is 4.63. The molecule has 0 atom stereocenters. The van der Waals surface area contributed by atoms with Crippen LogP contribution in [0.4, 0.5) is 11.8 Å². The number of hydrogen-bond donors (Lipinski definition) is 2. The summed E-state index contributed by atoms with van der Waals surface area (Å²) in [6.07, 6.45) is 1.72. The standard InChI is InChI=1S/C15H12N6/c1-8-4-5-11-9(3-2-6-19-11)12(8)13-10(7-16)14(17)21-15(18)20-13/h2-6H,1H3,(H4,17,18,20,21). The van der Waals surface area contributed by atoms with E-state index < -0.39 is 0 Å². The fraction of sp³-hybridized carbons (Fsp3) is 0.0667. The van der Waals surface area contributed by atoms with Gasteiger partial charge >= 0.3 is 0 Å². The Bertz CT molecular complexity index is 895. The van der Waals surface area contributed by atoms with E-state index in [1.165, 1.54) is 0 Å². The summed E-state index contributed by atoms with van der Waals surface area (Å²) < 4.78 is 0. The van der Waals surface area contributed by atoms with Crippen LogP contribution in [0.1, 0.15) is 11.1 Å². The number of rotatable bonds is 1. The first-order valence-electron chi connectivity index (χ1n) is 6.29. The Morgan fingerprint density at radius 3 is 2.71 bits per heavy atom. The molecule has 0 bridgehead atoms. The third-order valence-electron chi connectivity index (χ3n) is 3.30. The van der Waals surface area contributed by atoms with Crippen molar-refractivity contribution >= 4 is 22.7 Å². The summed E-state index contributed by atoms with van der Waals surface area (Å²) in [7, 11) is 0. The van der Waals surface area contributed by atoms with E-state index >= 15 is 0 Å². The molecule has 0 amide bonds. The van der Waals surface area contributed by atoms with Gasteiger partial charge in [0.1, 0.15) is 17.5 Å². The second-order valence-electron chi connectivity index (χ2n) is 4.63. The fourth-order valence-electron chi connectivity index (χ4n) is 2.36. The molecule has 0 aliphatic carbocycles. The van der Waals surface area contributed by atoms with Crippen molar-refractivity contribution in [1.82, 2.24) is 15.0 Å². The van der Waals surface area contributed by atoms with Crippen LogP contribution in [0, 0.1) is 18.3 Å². The van der Waals surface area contributed by atoms with Gasteiger partial charge in [0.05, 0.1) is 11.2 Å². The normalized spacial score (nSPS) is 10.5. The molecule has 3 rings (SSSR count). The van der Waals surface area contributed by atoms with Crippen molar-refractivity contribution in [3.63, 3.8) is 0 Å². The minimum absolute atomic E-state index is 0.0433. The van der Waals surface area contributed by atoms with Gasteiger partial charge < -0.3 is 11.5 Å². The summed E-state index contributed by atoms with van der Waals surface area (Å²) >= 11 is 0. The van der Waals surface area contributed by atoms with Gasteiger partial charge in [-0.05, 0) is 24.6 Å². The molecular weight excluding hydrogens is 264 g/mol. The average molecular weight is 276 g/mol. The quantitative estimate of drug-likeness (QED) is 0.702. The molecule has 0 radical (unpaired) electrons. The predicted molar refractivity (Wildman–Crippen MR) is 81.0 cm³/mol. The van der Waals surface area contributed by atoms with Crippen LogP contribution in [-0.2, 0) is 0 Å². The Morgan fingerprint density at radius 2 is 1.95 bits per heavy atom. The van der Waals surface area contributed by atoms with Crippen molar-refractivity contribution in [1.29, 1.82) is 5.26 Å². The average Bonchev–Trinajstić information content (AvgIpc) is 2.46. The lowest BCUT2D eigenvalue weighted by atomic mass is 9.97. The van der Waals surface area contributed by atoms with Crippen molar-refractivity contribution in [2.75, 3.05) is 11.5 Å². The van der Waals surface area contributed by atoms with Crippen LogP contribution < -0.4 is 11.5 Å². The van der Waals surface area contributed by atoms with Crippen molar-refractivity contribution in [2.45, 2.75) is 6.92 Å². The van der Waals surface area contributed by atoms with Crippen LogP contribution in [0.25, 0.3) is 22.2 Å². The molecule has 102 valence electrons. The van der Waals surface area contributed by atoms with Crippen molar-refractivity contribution in [2.24, 2.45) is 0 Å². The predicted octanol–water partition coefficient (Wildman–Crippen LogP) is 2.04. The Hall–Kier alpha value is -3.20. The molecule has 1 aromatic carbocycles. The largest absolute Gasteiger partial charge is 0.382 e. The highest BCUT2D eigenvalue weighted by Gasteiger charge is 2.17. The fourth-order valence-corrected chi connectivity index (χ4v) is 2.36. The van der Waals surface area contributed by atoms with Gasteiger partial charge in [0.25, 0.3) is 0 Å². The molecule has 21 heavy (non-hydrogen) atoms. The Kier molecular flexibility index (Phi) is 2.88. The highest BCUT2D eigenvalue weighted by atomic mass is 15.0. The van der Waals surface area contributed by atoms with E-state index in [4.69, 9.17) is 11.5 Å². The van der Waals surface area contributed by atoms with E-state index in [1.54, 1.807) is 6.20 Å². The van der Waals surface area contributed by atoms with E-state index in [0.29, 0.717) is 5.69 Å².